The van der Waals surface area contributed by atoms with Crippen molar-refractivity contribution in [1.82, 2.24) is 9.78 Å². The zero-order valence-electron chi connectivity index (χ0n) is 12.9. The van der Waals surface area contributed by atoms with Crippen molar-refractivity contribution in [1.29, 1.82) is 5.26 Å². The minimum absolute atomic E-state index is 0.182. The maximum atomic E-state index is 9.43. The zero-order chi connectivity index (χ0) is 15.4. The van der Waals surface area contributed by atoms with E-state index in [0.717, 1.165) is 38.8 Å². The molecule has 3 N–H and O–H groups in total. The van der Waals surface area contributed by atoms with Crippen LogP contribution in [0.1, 0.15) is 51.1 Å². The topological polar surface area (TPSA) is 91.1 Å². The van der Waals surface area contributed by atoms with Crippen molar-refractivity contribution in [2.75, 3.05) is 30.3 Å². The highest BCUT2D eigenvalue weighted by Crippen LogP contribution is 2.31. The number of rotatable bonds is 5. The van der Waals surface area contributed by atoms with Crippen molar-refractivity contribution in [2.24, 2.45) is 5.92 Å². The lowest BCUT2D eigenvalue weighted by Gasteiger charge is -2.32. The number of nitrogens with zero attached hydrogens (tertiary/aromatic N) is 4. The molecular formula is C15H25N5O. The summed E-state index contributed by atoms with van der Waals surface area (Å²) in [5.74, 6) is 1.40. The summed E-state index contributed by atoms with van der Waals surface area (Å²) in [7, 11) is 0. The smallest absolute Gasteiger partial charge is 0.170 e. The molecule has 1 aromatic heterocycles. The summed E-state index contributed by atoms with van der Waals surface area (Å²) in [5.41, 5.74) is 6.62. The first-order chi connectivity index (χ1) is 10.2. The number of aromatic nitrogens is 2. The summed E-state index contributed by atoms with van der Waals surface area (Å²) in [6, 6.07) is 2.43. The number of nitriles is 1. The van der Waals surface area contributed by atoms with Gasteiger partial charge in [-0.1, -0.05) is 13.8 Å². The fraction of sp³-hybridized carbons (Fsp3) is 0.733. The first-order valence-electron chi connectivity index (χ1n) is 7.80. The normalized spacial score (nSPS) is 19.0. The van der Waals surface area contributed by atoms with E-state index in [2.05, 4.69) is 29.9 Å². The van der Waals surface area contributed by atoms with E-state index in [1.165, 1.54) is 0 Å². The minimum atomic E-state index is 0.182. The van der Waals surface area contributed by atoms with Crippen LogP contribution in [-0.4, -0.2) is 34.6 Å². The fourth-order valence-corrected chi connectivity index (χ4v) is 3.08. The SMILES string of the molecule is CCC(CC)n1nc(N2CCCC(CO)C2)c(C#N)c1N. The standard InChI is InChI=1S/C15H25N5O/c1-3-12(4-2)20-14(17)13(8-16)15(18-20)19-7-5-6-11(9-19)10-21/h11-12,21H,3-7,9-10,17H2,1-2H3. The summed E-state index contributed by atoms with van der Waals surface area (Å²) >= 11 is 0. The highest BCUT2D eigenvalue weighted by atomic mass is 16.3. The largest absolute Gasteiger partial charge is 0.396 e. The molecule has 0 aliphatic carbocycles. The van der Waals surface area contributed by atoms with Gasteiger partial charge in [-0.25, -0.2) is 4.68 Å². The quantitative estimate of drug-likeness (QED) is 0.864. The Bertz CT molecular complexity index is 515. The first kappa shape index (κ1) is 15.6. The molecule has 1 unspecified atom stereocenters. The molecule has 2 heterocycles. The van der Waals surface area contributed by atoms with Gasteiger partial charge in [-0.3, -0.25) is 0 Å². The molecule has 1 atom stereocenters. The second-order valence-electron chi connectivity index (χ2n) is 5.75. The average Bonchev–Trinajstić information content (AvgIpc) is 2.85. The molecule has 1 aliphatic rings. The summed E-state index contributed by atoms with van der Waals surface area (Å²) in [6.45, 7) is 5.99. The number of anilines is 2. The highest BCUT2D eigenvalue weighted by molar-refractivity contribution is 5.65. The lowest BCUT2D eigenvalue weighted by molar-refractivity contribution is 0.208. The second-order valence-corrected chi connectivity index (χ2v) is 5.75. The van der Waals surface area contributed by atoms with Crippen LogP contribution < -0.4 is 10.6 Å². The van der Waals surface area contributed by atoms with E-state index in [0.29, 0.717) is 17.2 Å². The van der Waals surface area contributed by atoms with E-state index < -0.39 is 0 Å². The van der Waals surface area contributed by atoms with Crippen LogP contribution in [0.2, 0.25) is 0 Å². The number of hydrogen-bond donors (Lipinski definition) is 2. The van der Waals surface area contributed by atoms with E-state index >= 15 is 0 Å². The summed E-state index contributed by atoms with van der Waals surface area (Å²) in [5, 5.41) is 23.4. The molecule has 1 fully saturated rings. The molecule has 1 saturated heterocycles. The lowest BCUT2D eigenvalue weighted by atomic mass is 9.99. The van der Waals surface area contributed by atoms with Crippen molar-refractivity contribution >= 4 is 11.6 Å². The second kappa shape index (κ2) is 6.81. The van der Waals surface area contributed by atoms with Crippen LogP contribution in [0.3, 0.4) is 0 Å². The lowest BCUT2D eigenvalue weighted by Crippen LogP contribution is -2.37. The molecule has 1 aromatic rings. The Morgan fingerprint density at radius 3 is 2.76 bits per heavy atom. The van der Waals surface area contributed by atoms with Gasteiger partial charge in [0, 0.05) is 19.7 Å². The minimum Gasteiger partial charge on any atom is -0.396 e. The Morgan fingerprint density at radius 1 is 1.48 bits per heavy atom. The highest BCUT2D eigenvalue weighted by Gasteiger charge is 2.27. The van der Waals surface area contributed by atoms with Gasteiger partial charge in [0.15, 0.2) is 5.82 Å². The molecule has 6 heteroatoms. The Labute approximate surface area is 126 Å². The molecule has 0 amide bonds. The third-order valence-electron chi connectivity index (χ3n) is 4.41. The van der Waals surface area contributed by atoms with E-state index in [1.54, 1.807) is 4.68 Å². The predicted octanol–water partition coefficient (Wildman–Crippen LogP) is 1.91. The van der Waals surface area contributed by atoms with Crippen molar-refractivity contribution in [2.45, 2.75) is 45.6 Å². The molecule has 21 heavy (non-hydrogen) atoms. The number of nitrogen functional groups attached to an aromatic ring is 1. The van der Waals surface area contributed by atoms with Gasteiger partial charge in [0.05, 0.1) is 6.04 Å². The molecule has 0 bridgehead atoms. The van der Waals surface area contributed by atoms with Gasteiger partial charge in [0.1, 0.15) is 17.5 Å². The number of hydrogen-bond acceptors (Lipinski definition) is 5. The maximum Gasteiger partial charge on any atom is 0.170 e. The van der Waals surface area contributed by atoms with E-state index in [4.69, 9.17) is 5.73 Å². The van der Waals surface area contributed by atoms with E-state index in [-0.39, 0.29) is 18.6 Å². The van der Waals surface area contributed by atoms with Crippen molar-refractivity contribution in [3.63, 3.8) is 0 Å². The van der Waals surface area contributed by atoms with Gasteiger partial charge in [-0.15, -0.1) is 0 Å². The zero-order valence-corrected chi connectivity index (χ0v) is 12.9. The van der Waals surface area contributed by atoms with Gasteiger partial charge in [0.2, 0.25) is 0 Å². The van der Waals surface area contributed by atoms with Crippen LogP contribution in [0.15, 0.2) is 0 Å². The molecular weight excluding hydrogens is 266 g/mol. The molecule has 0 saturated carbocycles. The summed E-state index contributed by atoms with van der Waals surface area (Å²) in [6.07, 6.45) is 3.91. The van der Waals surface area contributed by atoms with E-state index in [9.17, 15) is 10.4 Å². The van der Waals surface area contributed by atoms with Gasteiger partial charge >= 0.3 is 0 Å². The maximum absolute atomic E-state index is 9.43. The average molecular weight is 291 g/mol. The predicted molar refractivity (Wildman–Crippen MR) is 83.0 cm³/mol. The molecule has 116 valence electrons. The third-order valence-corrected chi connectivity index (χ3v) is 4.41. The molecule has 0 aromatic carbocycles. The Hall–Kier alpha value is -1.74. The van der Waals surface area contributed by atoms with Crippen molar-refractivity contribution in [3.8, 4) is 6.07 Å². The van der Waals surface area contributed by atoms with Crippen LogP contribution in [0.25, 0.3) is 0 Å². The monoisotopic (exact) mass is 291 g/mol. The molecule has 0 spiro atoms. The molecule has 2 rings (SSSR count). The molecule has 1 aliphatic heterocycles. The van der Waals surface area contributed by atoms with Gasteiger partial charge in [0.25, 0.3) is 0 Å². The van der Waals surface area contributed by atoms with Gasteiger partial charge in [-0.2, -0.15) is 10.4 Å². The van der Waals surface area contributed by atoms with Crippen molar-refractivity contribution in [3.05, 3.63) is 5.56 Å². The number of aliphatic hydroxyl groups excluding tert-OH is 1. The molecule has 6 nitrogen and oxygen atoms in total. The van der Waals surface area contributed by atoms with Crippen LogP contribution in [0.5, 0.6) is 0 Å². The Kier molecular flexibility index (Phi) is 5.07. The van der Waals surface area contributed by atoms with E-state index in [1.807, 2.05) is 0 Å². The third kappa shape index (κ3) is 2.98. The van der Waals surface area contributed by atoms with Crippen LogP contribution in [-0.2, 0) is 0 Å². The molecule has 0 radical (unpaired) electrons. The Morgan fingerprint density at radius 2 is 2.19 bits per heavy atom. The Balaban J connectivity index is 2.35. The number of piperidine rings is 1. The number of nitrogens with two attached hydrogens (primary N) is 1. The van der Waals surface area contributed by atoms with Crippen LogP contribution in [0.4, 0.5) is 11.6 Å². The number of aliphatic hydroxyl groups is 1. The van der Waals surface area contributed by atoms with Gasteiger partial charge in [-0.05, 0) is 31.6 Å². The fourth-order valence-electron chi connectivity index (χ4n) is 3.08. The van der Waals surface area contributed by atoms with Gasteiger partial charge < -0.3 is 15.7 Å². The summed E-state index contributed by atoms with van der Waals surface area (Å²) < 4.78 is 1.80. The van der Waals surface area contributed by atoms with Crippen molar-refractivity contribution < 1.29 is 5.11 Å². The van der Waals surface area contributed by atoms with Crippen LogP contribution in [0, 0.1) is 17.2 Å². The summed E-state index contributed by atoms with van der Waals surface area (Å²) in [4.78, 5) is 2.10. The first-order valence-corrected chi connectivity index (χ1v) is 7.80. The van der Waals surface area contributed by atoms with Crippen LogP contribution >= 0.6 is 0 Å².